The topological polar surface area (TPSA) is 46.5 Å². The molecule has 0 rings (SSSR count). The lowest BCUT2D eigenvalue weighted by Gasteiger charge is -2.50. The van der Waals surface area contributed by atoms with Crippen LogP contribution in [-0.2, 0) is 9.53 Å². The zero-order valence-electron chi connectivity index (χ0n) is 13.5. The fourth-order valence-corrected chi connectivity index (χ4v) is 5.06. The molecule has 0 saturated heterocycles. The van der Waals surface area contributed by atoms with Crippen LogP contribution >= 0.6 is 0 Å². The van der Waals surface area contributed by atoms with E-state index in [4.69, 9.17) is 4.74 Å². The summed E-state index contributed by atoms with van der Waals surface area (Å²) < 4.78 is 5.38. The maximum atomic E-state index is 11.1. The van der Waals surface area contributed by atoms with Gasteiger partial charge in [-0.3, -0.25) is 4.79 Å². The third-order valence-corrected chi connectivity index (χ3v) is 11.1. The van der Waals surface area contributed by atoms with Gasteiger partial charge in [0.1, 0.15) is 5.60 Å². The van der Waals surface area contributed by atoms with Crippen molar-refractivity contribution in [1.82, 2.24) is 0 Å². The molecule has 18 heavy (non-hydrogen) atoms. The molecule has 0 spiro atoms. The number of hydrogen-bond acceptors (Lipinski definition) is 3. The third kappa shape index (κ3) is 4.09. The number of carbonyl (C=O) groups excluding carboxylic acids is 1. The van der Waals surface area contributed by atoms with Gasteiger partial charge in [-0.2, -0.15) is 0 Å². The lowest BCUT2D eigenvalue weighted by atomic mass is 9.95. The zero-order chi connectivity index (χ0) is 15.0. The van der Waals surface area contributed by atoms with Gasteiger partial charge >= 0.3 is 5.97 Å². The lowest BCUT2D eigenvalue weighted by Crippen LogP contribution is -2.58. The minimum Gasteiger partial charge on any atom is -0.460 e. The molecule has 1 N–H and O–H groups in total. The molecule has 108 valence electrons. The molecule has 0 aliphatic rings. The molecule has 3 nitrogen and oxygen atoms in total. The first-order valence-electron chi connectivity index (χ1n) is 6.54. The molecule has 0 atom stereocenters. The summed E-state index contributed by atoms with van der Waals surface area (Å²) in [5, 5.41) is 9.71. The van der Waals surface area contributed by atoms with Crippen molar-refractivity contribution < 1.29 is 14.6 Å². The van der Waals surface area contributed by atoms with Crippen molar-refractivity contribution in [3.8, 4) is 0 Å². The van der Waals surface area contributed by atoms with E-state index in [1.165, 1.54) is 6.92 Å². The summed E-state index contributed by atoms with van der Waals surface area (Å²) >= 11 is 0. The van der Waals surface area contributed by atoms with E-state index in [2.05, 4.69) is 26.9 Å². The Balaban J connectivity index is 5.12. The first kappa shape index (κ1) is 17.6. The van der Waals surface area contributed by atoms with Crippen molar-refractivity contribution in [2.45, 2.75) is 83.8 Å². The SMILES string of the molecule is CC(=O)OC(C)(C)CC(C)(C)[Si](C)(C)C(C)(C)O. The van der Waals surface area contributed by atoms with E-state index < -0.39 is 18.9 Å². The number of esters is 1. The molecule has 0 heterocycles. The summed E-state index contributed by atoms with van der Waals surface area (Å²) in [6.45, 7) is 17.8. The van der Waals surface area contributed by atoms with E-state index in [1.807, 2.05) is 27.7 Å². The Morgan fingerprint density at radius 1 is 1.11 bits per heavy atom. The van der Waals surface area contributed by atoms with Crippen LogP contribution in [0, 0.1) is 0 Å². The van der Waals surface area contributed by atoms with Gasteiger partial charge in [0, 0.05) is 6.92 Å². The van der Waals surface area contributed by atoms with Crippen molar-refractivity contribution in [2.24, 2.45) is 0 Å². The first-order valence-corrected chi connectivity index (χ1v) is 9.54. The predicted octanol–water partition coefficient (Wildman–Crippen LogP) is 3.52. The van der Waals surface area contributed by atoms with Gasteiger partial charge < -0.3 is 9.84 Å². The standard InChI is InChI=1S/C14H30O3Si/c1-11(15)17-12(2,3)10-13(4,5)18(8,9)14(6,7)16/h16H,10H2,1-9H3. The predicted molar refractivity (Wildman–Crippen MR) is 78.3 cm³/mol. The molecule has 0 unspecified atom stereocenters. The Morgan fingerprint density at radius 2 is 1.50 bits per heavy atom. The van der Waals surface area contributed by atoms with Crippen molar-refractivity contribution in [3.63, 3.8) is 0 Å². The van der Waals surface area contributed by atoms with Gasteiger partial charge in [0.05, 0.1) is 13.3 Å². The molecule has 0 aromatic heterocycles. The third-order valence-electron chi connectivity index (χ3n) is 4.51. The number of ether oxygens (including phenoxy) is 1. The smallest absolute Gasteiger partial charge is 0.303 e. The summed E-state index contributed by atoms with van der Waals surface area (Å²) in [6, 6.07) is 0. The highest BCUT2D eigenvalue weighted by atomic mass is 28.3. The minimum atomic E-state index is -1.93. The second-order valence-electron chi connectivity index (χ2n) is 7.60. The second kappa shape index (κ2) is 4.97. The molecular formula is C14H30O3Si. The quantitative estimate of drug-likeness (QED) is 0.616. The molecule has 0 radical (unpaired) electrons. The maximum absolute atomic E-state index is 11.1. The van der Waals surface area contributed by atoms with Crippen LogP contribution in [0.1, 0.15) is 54.9 Å². The Kier molecular flexibility index (Phi) is 4.87. The molecule has 0 aliphatic carbocycles. The molecule has 0 saturated carbocycles. The van der Waals surface area contributed by atoms with Gasteiger partial charge in [-0.05, 0) is 39.2 Å². The average Bonchev–Trinajstić information content (AvgIpc) is 1.95. The van der Waals surface area contributed by atoms with Crippen LogP contribution in [-0.4, -0.2) is 30.0 Å². The van der Waals surface area contributed by atoms with Gasteiger partial charge in [0.15, 0.2) is 0 Å². The Morgan fingerprint density at radius 3 is 1.78 bits per heavy atom. The van der Waals surface area contributed by atoms with E-state index in [0.717, 1.165) is 6.42 Å². The molecule has 0 amide bonds. The Bertz CT molecular complexity index is 311. The van der Waals surface area contributed by atoms with E-state index >= 15 is 0 Å². The van der Waals surface area contributed by atoms with E-state index in [9.17, 15) is 9.90 Å². The van der Waals surface area contributed by atoms with Gasteiger partial charge in [-0.25, -0.2) is 0 Å². The van der Waals surface area contributed by atoms with Crippen molar-refractivity contribution in [3.05, 3.63) is 0 Å². The fourth-order valence-electron chi connectivity index (χ4n) is 2.54. The van der Waals surface area contributed by atoms with E-state index in [1.54, 1.807) is 0 Å². The van der Waals surface area contributed by atoms with Crippen LogP contribution < -0.4 is 0 Å². The highest BCUT2D eigenvalue weighted by Gasteiger charge is 2.51. The van der Waals surface area contributed by atoms with Crippen LogP contribution in [0.5, 0.6) is 0 Å². The molecular weight excluding hydrogens is 244 g/mol. The number of hydrogen-bond donors (Lipinski definition) is 1. The van der Waals surface area contributed by atoms with Gasteiger partial charge in [0.25, 0.3) is 0 Å². The van der Waals surface area contributed by atoms with Gasteiger partial charge in [-0.15, -0.1) is 0 Å². The van der Waals surface area contributed by atoms with Crippen LogP contribution in [0.25, 0.3) is 0 Å². The van der Waals surface area contributed by atoms with E-state index in [0.29, 0.717) is 0 Å². The largest absolute Gasteiger partial charge is 0.460 e. The Hall–Kier alpha value is -0.353. The average molecular weight is 274 g/mol. The summed E-state index contributed by atoms with van der Waals surface area (Å²) in [7, 11) is -1.93. The van der Waals surface area contributed by atoms with Crippen LogP contribution in [0.3, 0.4) is 0 Å². The monoisotopic (exact) mass is 274 g/mol. The molecule has 0 fully saturated rings. The highest BCUT2D eigenvalue weighted by molar-refractivity contribution is 6.82. The number of rotatable bonds is 5. The Labute approximate surface area is 113 Å². The molecule has 0 aromatic carbocycles. The van der Waals surface area contributed by atoms with Gasteiger partial charge in [-0.1, -0.05) is 26.9 Å². The highest BCUT2D eigenvalue weighted by Crippen LogP contribution is 2.49. The number of aliphatic hydroxyl groups is 1. The summed E-state index contributed by atoms with van der Waals surface area (Å²) in [6.07, 6.45) is 0.753. The fraction of sp³-hybridized carbons (Fsp3) is 0.929. The van der Waals surface area contributed by atoms with Crippen molar-refractivity contribution in [2.75, 3.05) is 0 Å². The van der Waals surface area contributed by atoms with Gasteiger partial charge in [0.2, 0.25) is 0 Å². The minimum absolute atomic E-state index is 0.0375. The first-order chi connectivity index (χ1) is 7.62. The lowest BCUT2D eigenvalue weighted by molar-refractivity contribution is -0.154. The zero-order valence-corrected chi connectivity index (χ0v) is 14.5. The van der Waals surface area contributed by atoms with Crippen molar-refractivity contribution >= 4 is 14.0 Å². The second-order valence-corrected chi connectivity index (χ2v) is 13.4. The number of carbonyl (C=O) groups is 1. The molecule has 4 heteroatoms. The summed E-state index contributed by atoms with van der Waals surface area (Å²) in [5.74, 6) is -0.251. The van der Waals surface area contributed by atoms with Crippen LogP contribution in [0.2, 0.25) is 18.1 Å². The van der Waals surface area contributed by atoms with E-state index in [-0.39, 0.29) is 11.0 Å². The molecule has 0 aromatic rings. The molecule has 0 bridgehead atoms. The van der Waals surface area contributed by atoms with Crippen LogP contribution in [0.4, 0.5) is 0 Å². The normalized spacial score (nSPS) is 14.6. The van der Waals surface area contributed by atoms with Crippen LogP contribution in [0.15, 0.2) is 0 Å². The maximum Gasteiger partial charge on any atom is 0.303 e. The van der Waals surface area contributed by atoms with Crippen molar-refractivity contribution in [1.29, 1.82) is 0 Å². The molecule has 0 aliphatic heterocycles. The summed E-state index contributed by atoms with van der Waals surface area (Å²) in [5.41, 5.74) is -0.495. The summed E-state index contributed by atoms with van der Waals surface area (Å²) in [4.78, 5) is 11.1.